The van der Waals surface area contributed by atoms with Gasteiger partial charge >= 0.3 is 0 Å². The zero-order valence-corrected chi connectivity index (χ0v) is 10.4. The van der Waals surface area contributed by atoms with Crippen LogP contribution in [-0.4, -0.2) is 20.2 Å². The summed E-state index contributed by atoms with van der Waals surface area (Å²) >= 11 is 0. The maximum atomic E-state index is 5.13. The van der Waals surface area contributed by atoms with Crippen molar-refractivity contribution >= 4 is 6.08 Å². The van der Waals surface area contributed by atoms with E-state index in [1.54, 1.807) is 7.11 Å². The van der Waals surface area contributed by atoms with Crippen molar-refractivity contribution in [3.63, 3.8) is 0 Å². The highest BCUT2D eigenvalue weighted by Gasteiger charge is 1.95. The number of hydrogen-bond acceptors (Lipinski definition) is 2. The minimum absolute atomic E-state index is 0.905. The predicted molar refractivity (Wildman–Crippen MR) is 69.8 cm³/mol. The number of methoxy groups -OCH3 is 1. The van der Waals surface area contributed by atoms with Gasteiger partial charge in [0.05, 0.1) is 7.11 Å². The number of benzene rings is 1. The van der Waals surface area contributed by atoms with Gasteiger partial charge < -0.3 is 10.1 Å². The van der Waals surface area contributed by atoms with Gasteiger partial charge in [-0.1, -0.05) is 37.6 Å². The molecule has 0 heterocycles. The summed E-state index contributed by atoms with van der Waals surface area (Å²) in [4.78, 5) is 0. The Morgan fingerprint density at radius 2 is 1.94 bits per heavy atom. The summed E-state index contributed by atoms with van der Waals surface area (Å²) in [5, 5.41) is 3.35. The van der Waals surface area contributed by atoms with Gasteiger partial charge in [0.2, 0.25) is 0 Å². The molecule has 0 aromatic heterocycles. The summed E-state index contributed by atoms with van der Waals surface area (Å²) in [5.41, 5.74) is 2.66. The third-order valence-electron chi connectivity index (χ3n) is 2.54. The Balaban J connectivity index is 2.70. The molecule has 0 amide bonds. The molecule has 0 saturated heterocycles. The molecular weight excluding hydrogens is 198 g/mol. The van der Waals surface area contributed by atoms with E-state index >= 15 is 0 Å². The lowest BCUT2D eigenvalue weighted by Crippen LogP contribution is -2.15. The van der Waals surface area contributed by atoms with E-state index in [4.69, 9.17) is 4.74 Å². The zero-order valence-electron chi connectivity index (χ0n) is 10.4. The van der Waals surface area contributed by atoms with Gasteiger partial charge in [0.1, 0.15) is 5.75 Å². The molecule has 0 spiro atoms. The number of nitrogens with one attached hydrogen (secondary N) is 1. The summed E-state index contributed by atoms with van der Waals surface area (Å²) in [7, 11) is 1.69. The van der Waals surface area contributed by atoms with E-state index in [2.05, 4.69) is 37.4 Å². The summed E-state index contributed by atoms with van der Waals surface area (Å²) in [6.07, 6.45) is 3.32. The fourth-order valence-corrected chi connectivity index (χ4v) is 1.50. The molecule has 88 valence electrons. The lowest BCUT2D eigenvalue weighted by Gasteiger charge is -2.06. The van der Waals surface area contributed by atoms with Crippen molar-refractivity contribution in [3.05, 3.63) is 35.4 Å². The average molecular weight is 219 g/mol. The van der Waals surface area contributed by atoms with Crippen molar-refractivity contribution in [2.24, 2.45) is 0 Å². The molecule has 0 bridgehead atoms. The highest BCUT2D eigenvalue weighted by Crippen LogP contribution is 2.14. The molecule has 2 heteroatoms. The van der Waals surface area contributed by atoms with Gasteiger partial charge in [-0.2, -0.15) is 0 Å². The summed E-state index contributed by atoms with van der Waals surface area (Å²) < 4.78 is 5.13. The van der Waals surface area contributed by atoms with E-state index in [0.29, 0.717) is 0 Å². The monoisotopic (exact) mass is 219 g/mol. The molecule has 2 nitrogen and oxygen atoms in total. The first kappa shape index (κ1) is 12.8. The topological polar surface area (TPSA) is 21.3 Å². The van der Waals surface area contributed by atoms with Crippen LogP contribution >= 0.6 is 0 Å². The Kier molecular flexibility index (Phi) is 5.65. The Hall–Kier alpha value is -1.28. The summed E-state index contributed by atoms with van der Waals surface area (Å²) in [6.45, 7) is 6.30. The maximum Gasteiger partial charge on any atom is 0.118 e. The van der Waals surface area contributed by atoms with Gasteiger partial charge in [-0.25, -0.2) is 0 Å². The van der Waals surface area contributed by atoms with Gasteiger partial charge in [0, 0.05) is 6.54 Å². The van der Waals surface area contributed by atoms with Gasteiger partial charge in [0.15, 0.2) is 0 Å². The van der Waals surface area contributed by atoms with Crippen LogP contribution in [0, 0.1) is 0 Å². The fraction of sp³-hybridized carbons (Fsp3) is 0.429. The molecule has 1 rings (SSSR count). The van der Waals surface area contributed by atoms with Crippen LogP contribution in [0.4, 0.5) is 0 Å². The maximum absolute atomic E-state index is 5.13. The summed E-state index contributed by atoms with van der Waals surface area (Å²) in [5.74, 6) is 0.905. The SMILES string of the molecule is CCNCC(=Cc1ccc(OC)cc1)CC. The number of hydrogen-bond donors (Lipinski definition) is 1. The van der Waals surface area contributed by atoms with Crippen molar-refractivity contribution in [2.45, 2.75) is 20.3 Å². The molecule has 0 atom stereocenters. The smallest absolute Gasteiger partial charge is 0.118 e. The molecule has 0 aliphatic carbocycles. The van der Waals surface area contributed by atoms with Crippen molar-refractivity contribution in [1.29, 1.82) is 0 Å². The third kappa shape index (κ3) is 4.07. The first-order valence-corrected chi connectivity index (χ1v) is 5.84. The van der Waals surface area contributed by atoms with E-state index in [9.17, 15) is 0 Å². The number of likely N-dealkylation sites (N-methyl/N-ethyl adjacent to an activating group) is 1. The van der Waals surface area contributed by atoms with Crippen LogP contribution in [0.15, 0.2) is 29.8 Å². The van der Waals surface area contributed by atoms with Crippen LogP contribution in [0.2, 0.25) is 0 Å². The Labute approximate surface area is 98.3 Å². The highest BCUT2D eigenvalue weighted by molar-refractivity contribution is 5.54. The zero-order chi connectivity index (χ0) is 11.8. The van der Waals surface area contributed by atoms with Crippen molar-refractivity contribution < 1.29 is 4.74 Å². The molecule has 0 unspecified atom stereocenters. The van der Waals surface area contributed by atoms with E-state index in [-0.39, 0.29) is 0 Å². The Morgan fingerprint density at radius 3 is 2.44 bits per heavy atom. The van der Waals surface area contributed by atoms with Crippen LogP contribution in [0.1, 0.15) is 25.8 Å². The number of ether oxygens (including phenoxy) is 1. The second kappa shape index (κ2) is 7.07. The molecule has 1 aromatic rings. The van der Waals surface area contributed by atoms with Crippen LogP contribution in [0.25, 0.3) is 6.08 Å². The van der Waals surface area contributed by atoms with Gasteiger partial charge in [-0.15, -0.1) is 0 Å². The molecule has 0 radical (unpaired) electrons. The molecule has 0 aliphatic rings. The molecular formula is C14H21NO. The molecule has 1 aromatic carbocycles. The van der Waals surface area contributed by atoms with Crippen molar-refractivity contribution in [3.8, 4) is 5.75 Å². The molecule has 1 N–H and O–H groups in total. The summed E-state index contributed by atoms with van der Waals surface area (Å²) in [6, 6.07) is 8.15. The first-order chi connectivity index (χ1) is 7.80. The van der Waals surface area contributed by atoms with Crippen molar-refractivity contribution in [2.75, 3.05) is 20.2 Å². The van der Waals surface area contributed by atoms with E-state index < -0.39 is 0 Å². The fourth-order valence-electron chi connectivity index (χ4n) is 1.50. The molecule has 0 saturated carbocycles. The van der Waals surface area contributed by atoms with Crippen LogP contribution in [0.5, 0.6) is 5.75 Å². The minimum Gasteiger partial charge on any atom is -0.497 e. The largest absolute Gasteiger partial charge is 0.497 e. The number of rotatable bonds is 6. The van der Waals surface area contributed by atoms with Gasteiger partial charge in [0.25, 0.3) is 0 Å². The normalized spacial score (nSPS) is 11.6. The van der Waals surface area contributed by atoms with E-state index in [1.165, 1.54) is 11.1 Å². The van der Waals surface area contributed by atoms with Crippen LogP contribution in [0.3, 0.4) is 0 Å². The average Bonchev–Trinajstić information content (AvgIpc) is 2.35. The van der Waals surface area contributed by atoms with Gasteiger partial charge in [-0.3, -0.25) is 0 Å². The van der Waals surface area contributed by atoms with Gasteiger partial charge in [-0.05, 0) is 30.7 Å². The lowest BCUT2D eigenvalue weighted by atomic mass is 10.1. The van der Waals surface area contributed by atoms with E-state index in [0.717, 1.165) is 25.3 Å². The van der Waals surface area contributed by atoms with Crippen LogP contribution < -0.4 is 10.1 Å². The highest BCUT2D eigenvalue weighted by atomic mass is 16.5. The van der Waals surface area contributed by atoms with Crippen molar-refractivity contribution in [1.82, 2.24) is 5.32 Å². The first-order valence-electron chi connectivity index (χ1n) is 5.84. The molecule has 0 aliphatic heterocycles. The Bertz CT molecular complexity index is 327. The third-order valence-corrected chi connectivity index (χ3v) is 2.54. The standard InChI is InChI=1S/C14H21NO/c1-4-12(11-15-5-2)10-13-6-8-14(16-3)9-7-13/h6-10,15H,4-5,11H2,1-3H3. The predicted octanol–water partition coefficient (Wildman–Crippen LogP) is 3.10. The Morgan fingerprint density at radius 1 is 1.25 bits per heavy atom. The minimum atomic E-state index is 0.905. The molecule has 0 fully saturated rings. The molecule has 16 heavy (non-hydrogen) atoms. The van der Waals surface area contributed by atoms with E-state index in [1.807, 2.05) is 12.1 Å². The quantitative estimate of drug-likeness (QED) is 0.793. The lowest BCUT2D eigenvalue weighted by molar-refractivity contribution is 0.415. The van der Waals surface area contributed by atoms with Crippen LogP contribution in [-0.2, 0) is 0 Å². The second-order valence-electron chi connectivity index (χ2n) is 3.71. The second-order valence-corrected chi connectivity index (χ2v) is 3.71.